The van der Waals surface area contributed by atoms with Crippen molar-refractivity contribution in [2.75, 3.05) is 13.1 Å². The average Bonchev–Trinajstić information content (AvgIpc) is 2.94. The normalized spacial score (nSPS) is 14.8. The molecule has 3 heteroatoms. The molecule has 1 fully saturated rings. The molecule has 3 nitrogen and oxygen atoms in total. The van der Waals surface area contributed by atoms with Crippen LogP contribution in [0.1, 0.15) is 39.5 Å². The Balaban J connectivity index is 1.87. The van der Waals surface area contributed by atoms with Crippen molar-refractivity contribution in [3.05, 3.63) is 11.6 Å². The van der Waals surface area contributed by atoms with Crippen LogP contribution in [0.3, 0.4) is 0 Å². The van der Waals surface area contributed by atoms with Crippen molar-refractivity contribution < 1.29 is 4.79 Å². The molecule has 0 aromatic carbocycles. The van der Waals surface area contributed by atoms with E-state index in [1.165, 1.54) is 18.4 Å². The predicted octanol–water partition coefficient (Wildman–Crippen LogP) is 1.60. The molecule has 15 heavy (non-hydrogen) atoms. The second-order valence-corrected chi connectivity index (χ2v) is 4.43. The second-order valence-electron chi connectivity index (χ2n) is 4.43. The zero-order valence-electron chi connectivity index (χ0n) is 9.81. The zero-order chi connectivity index (χ0) is 11.1. The summed E-state index contributed by atoms with van der Waals surface area (Å²) in [5, 5.41) is 6.27. The molecule has 2 N–H and O–H groups in total. The largest absolute Gasteiger partial charge is 0.353 e. The van der Waals surface area contributed by atoms with E-state index in [-0.39, 0.29) is 5.91 Å². The summed E-state index contributed by atoms with van der Waals surface area (Å²) in [7, 11) is 0. The van der Waals surface area contributed by atoms with E-state index in [1.54, 1.807) is 0 Å². The van der Waals surface area contributed by atoms with Gasteiger partial charge in [0.25, 0.3) is 0 Å². The predicted molar refractivity (Wildman–Crippen MR) is 62.7 cm³/mol. The van der Waals surface area contributed by atoms with Gasteiger partial charge in [0.05, 0.1) is 0 Å². The number of carbonyl (C=O) groups is 1. The fourth-order valence-electron chi connectivity index (χ4n) is 1.28. The Kier molecular flexibility index (Phi) is 5.40. The highest BCUT2D eigenvalue weighted by Gasteiger charge is 2.22. The van der Waals surface area contributed by atoms with Gasteiger partial charge in [-0.1, -0.05) is 11.6 Å². The standard InChI is InChI=1S/C12H22N2O/c1-10(2)7-9-13-8-3-4-12(15)14-11-5-6-11/h7,11,13H,3-6,8-9H2,1-2H3,(H,14,15). The molecular weight excluding hydrogens is 188 g/mol. The molecule has 0 spiro atoms. The van der Waals surface area contributed by atoms with Gasteiger partial charge >= 0.3 is 0 Å². The van der Waals surface area contributed by atoms with E-state index in [0.717, 1.165) is 19.5 Å². The molecule has 1 amide bonds. The van der Waals surface area contributed by atoms with Crippen LogP contribution in [0, 0.1) is 0 Å². The smallest absolute Gasteiger partial charge is 0.220 e. The van der Waals surface area contributed by atoms with E-state index in [2.05, 4.69) is 30.6 Å². The molecule has 0 atom stereocenters. The molecule has 0 aromatic rings. The highest BCUT2D eigenvalue weighted by molar-refractivity contribution is 5.76. The van der Waals surface area contributed by atoms with E-state index in [1.807, 2.05) is 0 Å². The molecule has 0 saturated heterocycles. The van der Waals surface area contributed by atoms with Crippen molar-refractivity contribution in [2.45, 2.75) is 45.6 Å². The highest BCUT2D eigenvalue weighted by atomic mass is 16.1. The summed E-state index contributed by atoms with van der Waals surface area (Å²) >= 11 is 0. The monoisotopic (exact) mass is 210 g/mol. The van der Waals surface area contributed by atoms with E-state index in [4.69, 9.17) is 0 Å². The summed E-state index contributed by atoms with van der Waals surface area (Å²) in [4.78, 5) is 11.3. The second kappa shape index (κ2) is 6.62. The van der Waals surface area contributed by atoms with Crippen molar-refractivity contribution in [2.24, 2.45) is 0 Å². The minimum absolute atomic E-state index is 0.210. The number of carbonyl (C=O) groups excluding carboxylic acids is 1. The summed E-state index contributed by atoms with van der Waals surface area (Å²) in [6.45, 7) is 6.00. The van der Waals surface area contributed by atoms with Crippen LogP contribution in [0.25, 0.3) is 0 Å². The fourth-order valence-corrected chi connectivity index (χ4v) is 1.28. The van der Waals surface area contributed by atoms with Crippen LogP contribution in [0.15, 0.2) is 11.6 Å². The molecule has 0 unspecified atom stereocenters. The Morgan fingerprint density at radius 2 is 2.13 bits per heavy atom. The maximum Gasteiger partial charge on any atom is 0.220 e. The number of rotatable bonds is 7. The van der Waals surface area contributed by atoms with Crippen LogP contribution >= 0.6 is 0 Å². The molecule has 0 aromatic heterocycles. The first-order valence-corrected chi connectivity index (χ1v) is 5.82. The van der Waals surface area contributed by atoms with Crippen LogP contribution in [0.5, 0.6) is 0 Å². The molecule has 1 rings (SSSR count). The maximum absolute atomic E-state index is 11.3. The first-order chi connectivity index (χ1) is 7.18. The minimum atomic E-state index is 0.210. The van der Waals surface area contributed by atoms with Gasteiger partial charge in [0, 0.05) is 19.0 Å². The van der Waals surface area contributed by atoms with Crippen molar-refractivity contribution in [1.82, 2.24) is 10.6 Å². The quantitative estimate of drug-likeness (QED) is 0.495. The van der Waals surface area contributed by atoms with Gasteiger partial charge in [-0.25, -0.2) is 0 Å². The molecule has 0 heterocycles. The van der Waals surface area contributed by atoms with E-state index in [0.29, 0.717) is 12.5 Å². The number of allylic oxidation sites excluding steroid dienone is 1. The van der Waals surface area contributed by atoms with Gasteiger partial charge in [-0.15, -0.1) is 0 Å². The first-order valence-electron chi connectivity index (χ1n) is 5.82. The Labute approximate surface area is 92.3 Å². The Bertz CT molecular complexity index is 228. The van der Waals surface area contributed by atoms with Crippen molar-refractivity contribution >= 4 is 5.91 Å². The van der Waals surface area contributed by atoms with Gasteiger partial charge < -0.3 is 10.6 Å². The summed E-state index contributed by atoms with van der Waals surface area (Å²) < 4.78 is 0. The van der Waals surface area contributed by atoms with Crippen LogP contribution in [0.2, 0.25) is 0 Å². The average molecular weight is 210 g/mol. The van der Waals surface area contributed by atoms with Gasteiger partial charge in [-0.05, 0) is 39.7 Å². The molecule has 86 valence electrons. The molecule has 0 aliphatic heterocycles. The van der Waals surface area contributed by atoms with Crippen molar-refractivity contribution in [1.29, 1.82) is 0 Å². The van der Waals surface area contributed by atoms with Crippen molar-refractivity contribution in [3.63, 3.8) is 0 Å². The topological polar surface area (TPSA) is 41.1 Å². The van der Waals surface area contributed by atoms with Crippen LogP contribution < -0.4 is 10.6 Å². The van der Waals surface area contributed by atoms with Crippen LogP contribution in [-0.4, -0.2) is 25.0 Å². The Morgan fingerprint density at radius 1 is 1.40 bits per heavy atom. The third-order valence-electron chi connectivity index (χ3n) is 2.35. The summed E-state index contributed by atoms with van der Waals surface area (Å²) in [6, 6.07) is 0.496. The number of amides is 1. The number of nitrogens with one attached hydrogen (secondary N) is 2. The van der Waals surface area contributed by atoms with Gasteiger partial charge in [0.15, 0.2) is 0 Å². The third kappa shape index (κ3) is 7.14. The lowest BCUT2D eigenvalue weighted by molar-refractivity contribution is -0.121. The number of hydrogen-bond acceptors (Lipinski definition) is 2. The Morgan fingerprint density at radius 3 is 2.73 bits per heavy atom. The van der Waals surface area contributed by atoms with Gasteiger partial charge in [0.2, 0.25) is 5.91 Å². The first kappa shape index (κ1) is 12.2. The van der Waals surface area contributed by atoms with Gasteiger partial charge in [0.1, 0.15) is 0 Å². The lowest BCUT2D eigenvalue weighted by atomic mass is 10.3. The molecular formula is C12H22N2O. The SMILES string of the molecule is CC(C)=CCNCCCC(=O)NC1CC1. The summed E-state index contributed by atoms with van der Waals surface area (Å²) in [6.07, 6.45) is 6.08. The van der Waals surface area contributed by atoms with E-state index < -0.39 is 0 Å². The highest BCUT2D eigenvalue weighted by Crippen LogP contribution is 2.18. The zero-order valence-corrected chi connectivity index (χ0v) is 9.81. The van der Waals surface area contributed by atoms with Gasteiger partial charge in [-0.2, -0.15) is 0 Å². The summed E-state index contributed by atoms with van der Waals surface area (Å²) in [5.74, 6) is 0.210. The van der Waals surface area contributed by atoms with E-state index >= 15 is 0 Å². The lowest BCUT2D eigenvalue weighted by Gasteiger charge is -2.03. The number of hydrogen-bond donors (Lipinski definition) is 2. The van der Waals surface area contributed by atoms with Gasteiger partial charge in [-0.3, -0.25) is 4.79 Å². The van der Waals surface area contributed by atoms with Crippen molar-refractivity contribution in [3.8, 4) is 0 Å². The minimum Gasteiger partial charge on any atom is -0.353 e. The molecule has 1 aliphatic rings. The molecule has 0 radical (unpaired) electrons. The molecule has 1 saturated carbocycles. The van der Waals surface area contributed by atoms with Crippen LogP contribution in [-0.2, 0) is 4.79 Å². The fraction of sp³-hybridized carbons (Fsp3) is 0.750. The maximum atomic E-state index is 11.3. The van der Waals surface area contributed by atoms with E-state index in [9.17, 15) is 4.79 Å². The Hall–Kier alpha value is -0.830. The third-order valence-corrected chi connectivity index (χ3v) is 2.35. The molecule has 0 bridgehead atoms. The van der Waals surface area contributed by atoms with Crippen LogP contribution in [0.4, 0.5) is 0 Å². The summed E-state index contributed by atoms with van der Waals surface area (Å²) in [5.41, 5.74) is 1.33. The lowest BCUT2D eigenvalue weighted by Crippen LogP contribution is -2.26. The molecule has 1 aliphatic carbocycles.